The number of anilines is 1. The predicted molar refractivity (Wildman–Crippen MR) is 104 cm³/mol. The number of ether oxygens (including phenoxy) is 1. The summed E-state index contributed by atoms with van der Waals surface area (Å²) in [6.07, 6.45) is 1.64. The van der Waals surface area contributed by atoms with Crippen molar-refractivity contribution < 1.29 is 9.15 Å². The molecule has 0 saturated carbocycles. The monoisotopic (exact) mass is 347 g/mol. The van der Waals surface area contributed by atoms with Crippen LogP contribution in [0.3, 0.4) is 0 Å². The predicted octanol–water partition coefficient (Wildman–Crippen LogP) is 4.60. The maximum atomic E-state index is 6.01. The summed E-state index contributed by atoms with van der Waals surface area (Å²) in [5.74, 6) is 2.44. The highest BCUT2D eigenvalue weighted by molar-refractivity contribution is 6.05. The molecule has 0 aliphatic heterocycles. The van der Waals surface area contributed by atoms with Crippen LogP contribution < -0.4 is 10.1 Å². The first kappa shape index (κ1) is 16.4. The first-order valence-electron chi connectivity index (χ1n) is 8.83. The Hall–Kier alpha value is -3.08. The van der Waals surface area contributed by atoms with Gasteiger partial charge in [-0.25, -0.2) is 9.97 Å². The molecule has 2 aromatic heterocycles. The van der Waals surface area contributed by atoms with Gasteiger partial charge in [0.1, 0.15) is 22.7 Å². The summed E-state index contributed by atoms with van der Waals surface area (Å²) in [6, 6.07) is 16.1. The van der Waals surface area contributed by atoms with Gasteiger partial charge in [0.05, 0.1) is 7.11 Å². The summed E-state index contributed by atoms with van der Waals surface area (Å²) in [5.41, 5.74) is 3.63. The lowest BCUT2D eigenvalue weighted by molar-refractivity contribution is 0.414. The van der Waals surface area contributed by atoms with E-state index in [2.05, 4.69) is 34.3 Å². The summed E-state index contributed by atoms with van der Waals surface area (Å²) in [6.45, 7) is 2.81. The van der Waals surface area contributed by atoms with E-state index in [1.165, 1.54) is 5.56 Å². The fourth-order valence-electron chi connectivity index (χ4n) is 3.07. The van der Waals surface area contributed by atoms with Crippen molar-refractivity contribution >= 4 is 27.9 Å². The Kier molecular flexibility index (Phi) is 4.44. The average Bonchev–Trinajstić information content (AvgIpc) is 3.07. The number of para-hydroxylation sites is 1. The van der Waals surface area contributed by atoms with Gasteiger partial charge in [-0.2, -0.15) is 0 Å². The summed E-state index contributed by atoms with van der Waals surface area (Å²) in [4.78, 5) is 9.31. The number of aryl methyl sites for hydroxylation is 1. The van der Waals surface area contributed by atoms with E-state index in [9.17, 15) is 0 Å². The zero-order chi connectivity index (χ0) is 17.9. The maximum absolute atomic E-state index is 6.01. The molecular formula is C21H21N3O2. The van der Waals surface area contributed by atoms with Crippen LogP contribution in [0.4, 0.5) is 5.82 Å². The molecule has 4 aromatic rings. The van der Waals surface area contributed by atoms with E-state index in [0.717, 1.165) is 53.3 Å². The Balaban J connectivity index is 1.62. The van der Waals surface area contributed by atoms with Gasteiger partial charge in [0.15, 0.2) is 11.4 Å². The Bertz CT molecular complexity index is 1060. The van der Waals surface area contributed by atoms with Gasteiger partial charge >= 0.3 is 0 Å². The molecule has 1 N–H and O–H groups in total. The first-order chi connectivity index (χ1) is 12.8. The van der Waals surface area contributed by atoms with E-state index in [1.54, 1.807) is 7.11 Å². The molecule has 26 heavy (non-hydrogen) atoms. The molecule has 5 nitrogen and oxygen atoms in total. The third-order valence-corrected chi connectivity index (χ3v) is 4.42. The molecule has 2 aromatic carbocycles. The normalized spacial score (nSPS) is 11.2. The molecule has 0 fully saturated rings. The molecule has 0 radical (unpaired) electrons. The van der Waals surface area contributed by atoms with Crippen LogP contribution >= 0.6 is 0 Å². The topological polar surface area (TPSA) is 60.2 Å². The molecule has 132 valence electrons. The fourth-order valence-corrected chi connectivity index (χ4v) is 3.07. The lowest BCUT2D eigenvalue weighted by atomic mass is 10.1. The van der Waals surface area contributed by atoms with Gasteiger partial charge in [0.25, 0.3) is 0 Å². The van der Waals surface area contributed by atoms with E-state index in [4.69, 9.17) is 9.15 Å². The molecule has 2 heterocycles. The number of rotatable bonds is 6. The molecule has 0 aliphatic carbocycles. The third-order valence-electron chi connectivity index (χ3n) is 4.42. The van der Waals surface area contributed by atoms with Crippen LogP contribution in [0.5, 0.6) is 5.75 Å². The van der Waals surface area contributed by atoms with E-state index in [1.807, 2.05) is 36.4 Å². The van der Waals surface area contributed by atoms with Gasteiger partial charge < -0.3 is 14.5 Å². The molecular weight excluding hydrogens is 326 g/mol. The number of methoxy groups -OCH3 is 1. The van der Waals surface area contributed by atoms with Gasteiger partial charge in [-0.15, -0.1) is 0 Å². The van der Waals surface area contributed by atoms with Gasteiger partial charge in [-0.05, 0) is 36.2 Å². The Morgan fingerprint density at radius 3 is 2.81 bits per heavy atom. The van der Waals surface area contributed by atoms with Crippen molar-refractivity contribution in [2.75, 3.05) is 19.0 Å². The zero-order valence-electron chi connectivity index (χ0n) is 15.0. The second-order valence-electron chi connectivity index (χ2n) is 6.15. The van der Waals surface area contributed by atoms with Gasteiger partial charge in [-0.1, -0.05) is 31.2 Å². The number of fused-ring (bicyclic) bond motifs is 3. The number of aromatic nitrogens is 2. The number of benzene rings is 2. The van der Waals surface area contributed by atoms with Crippen molar-refractivity contribution in [3.05, 3.63) is 59.9 Å². The number of nitrogens with zero attached hydrogens (tertiary/aromatic N) is 2. The summed E-state index contributed by atoms with van der Waals surface area (Å²) in [7, 11) is 1.68. The SMILES string of the molecule is CCc1nc(NCCc2cccc(OC)c2)c2oc3ccccc3c2n1. The highest BCUT2D eigenvalue weighted by Crippen LogP contribution is 2.31. The van der Waals surface area contributed by atoms with Crippen molar-refractivity contribution in [1.82, 2.24) is 9.97 Å². The van der Waals surface area contributed by atoms with Gasteiger partial charge in [0, 0.05) is 18.4 Å². The Labute approximate surface area is 152 Å². The summed E-state index contributed by atoms with van der Waals surface area (Å²) in [5, 5.41) is 4.45. The summed E-state index contributed by atoms with van der Waals surface area (Å²) >= 11 is 0. The van der Waals surface area contributed by atoms with Gasteiger partial charge in [-0.3, -0.25) is 0 Å². The largest absolute Gasteiger partial charge is 0.497 e. The molecule has 0 atom stereocenters. The van der Waals surface area contributed by atoms with Crippen molar-refractivity contribution in [2.24, 2.45) is 0 Å². The third kappa shape index (κ3) is 3.08. The van der Waals surface area contributed by atoms with Crippen molar-refractivity contribution in [3.63, 3.8) is 0 Å². The lowest BCUT2D eigenvalue weighted by Crippen LogP contribution is -2.08. The molecule has 0 unspecified atom stereocenters. The van der Waals surface area contributed by atoms with E-state index >= 15 is 0 Å². The lowest BCUT2D eigenvalue weighted by Gasteiger charge is -2.08. The highest BCUT2D eigenvalue weighted by Gasteiger charge is 2.14. The molecule has 0 amide bonds. The van der Waals surface area contributed by atoms with Gasteiger partial charge in [0.2, 0.25) is 0 Å². The zero-order valence-corrected chi connectivity index (χ0v) is 15.0. The van der Waals surface area contributed by atoms with Crippen molar-refractivity contribution in [2.45, 2.75) is 19.8 Å². The van der Waals surface area contributed by atoms with E-state index in [-0.39, 0.29) is 0 Å². The standard InChI is InChI=1S/C21H21N3O2/c1-3-18-23-19-16-9-4-5-10-17(16)26-20(19)21(24-18)22-12-11-14-7-6-8-15(13-14)25-2/h4-10,13H,3,11-12H2,1-2H3,(H,22,23,24). The Morgan fingerprint density at radius 2 is 1.96 bits per heavy atom. The van der Waals surface area contributed by atoms with Crippen LogP contribution in [0.25, 0.3) is 22.1 Å². The van der Waals surface area contributed by atoms with Crippen molar-refractivity contribution in [1.29, 1.82) is 0 Å². The number of hydrogen-bond donors (Lipinski definition) is 1. The maximum Gasteiger partial charge on any atom is 0.196 e. The molecule has 5 heteroatoms. The van der Waals surface area contributed by atoms with Crippen LogP contribution in [-0.2, 0) is 12.8 Å². The smallest absolute Gasteiger partial charge is 0.196 e. The molecule has 0 saturated heterocycles. The molecule has 4 rings (SSSR count). The minimum atomic E-state index is 0.717. The van der Waals surface area contributed by atoms with Crippen molar-refractivity contribution in [3.8, 4) is 5.75 Å². The van der Waals surface area contributed by atoms with Crippen LogP contribution in [0, 0.1) is 0 Å². The number of hydrogen-bond acceptors (Lipinski definition) is 5. The minimum absolute atomic E-state index is 0.717. The minimum Gasteiger partial charge on any atom is -0.497 e. The Morgan fingerprint density at radius 1 is 1.08 bits per heavy atom. The first-order valence-corrected chi connectivity index (χ1v) is 8.83. The molecule has 0 aliphatic rings. The quantitative estimate of drug-likeness (QED) is 0.552. The van der Waals surface area contributed by atoms with Crippen LogP contribution in [-0.4, -0.2) is 23.6 Å². The second-order valence-corrected chi connectivity index (χ2v) is 6.15. The van der Waals surface area contributed by atoms with Crippen LogP contribution in [0.1, 0.15) is 18.3 Å². The van der Waals surface area contributed by atoms with Crippen LogP contribution in [0.2, 0.25) is 0 Å². The molecule has 0 bridgehead atoms. The second kappa shape index (κ2) is 7.04. The van der Waals surface area contributed by atoms with Crippen LogP contribution in [0.15, 0.2) is 52.9 Å². The number of furan rings is 1. The summed E-state index contributed by atoms with van der Waals surface area (Å²) < 4.78 is 11.3. The fraction of sp³-hybridized carbons (Fsp3) is 0.238. The molecule has 0 spiro atoms. The number of nitrogens with one attached hydrogen (secondary N) is 1. The van der Waals surface area contributed by atoms with E-state index < -0.39 is 0 Å². The highest BCUT2D eigenvalue weighted by atomic mass is 16.5. The average molecular weight is 347 g/mol. The van der Waals surface area contributed by atoms with E-state index in [0.29, 0.717) is 5.58 Å².